The number of sulfonamides is 1. The fraction of sp³-hybridized carbons (Fsp3) is 0.125. The van der Waals surface area contributed by atoms with Gasteiger partial charge in [0.25, 0.3) is 10.0 Å². The van der Waals surface area contributed by atoms with Crippen LogP contribution >= 0.6 is 0 Å². The van der Waals surface area contributed by atoms with Gasteiger partial charge in [0.1, 0.15) is 0 Å². The molecule has 2 aromatic rings. The molecule has 0 aliphatic carbocycles. The molecule has 0 heterocycles. The van der Waals surface area contributed by atoms with Crippen molar-refractivity contribution >= 4 is 27.6 Å². The molecular weight excluding hydrogens is 334 g/mol. The molecule has 2 rings (SSSR count). The molecular formula is C16H15NO6S. The second-order valence-electron chi connectivity index (χ2n) is 4.66. The van der Waals surface area contributed by atoms with Gasteiger partial charge in [-0.3, -0.25) is 4.72 Å². The molecule has 8 heteroatoms. The second kappa shape index (κ2) is 7.14. The normalized spacial score (nSPS) is 10.8. The number of carbonyl (C=O) groups is 2. The predicted octanol–water partition coefficient (Wildman–Crippen LogP) is 2.06. The largest absolute Gasteiger partial charge is 0.465 e. The zero-order valence-corrected chi connectivity index (χ0v) is 13.8. The molecule has 1 N–H and O–H groups in total. The van der Waals surface area contributed by atoms with E-state index in [2.05, 4.69) is 14.2 Å². The molecule has 0 spiro atoms. The molecule has 0 bridgehead atoms. The number of rotatable bonds is 5. The Bertz CT molecular complexity index is 876. The smallest absolute Gasteiger partial charge is 0.339 e. The van der Waals surface area contributed by atoms with Crippen molar-refractivity contribution in [3.8, 4) is 0 Å². The van der Waals surface area contributed by atoms with Crippen molar-refractivity contribution in [3.63, 3.8) is 0 Å². The Morgan fingerprint density at radius 2 is 1.58 bits per heavy atom. The maximum absolute atomic E-state index is 12.5. The number of methoxy groups -OCH3 is 2. The topological polar surface area (TPSA) is 98.8 Å². The minimum absolute atomic E-state index is 0.0766. The fourth-order valence-electron chi connectivity index (χ4n) is 1.97. The Morgan fingerprint density at radius 3 is 2.25 bits per heavy atom. The molecule has 2 aromatic carbocycles. The number of para-hydroxylation sites is 1. The van der Waals surface area contributed by atoms with E-state index < -0.39 is 22.0 Å². The molecule has 0 aliphatic rings. The predicted molar refractivity (Wildman–Crippen MR) is 86.4 cm³/mol. The highest BCUT2D eigenvalue weighted by Crippen LogP contribution is 2.21. The number of nitrogens with one attached hydrogen (secondary N) is 1. The van der Waals surface area contributed by atoms with Gasteiger partial charge in [0, 0.05) is 0 Å². The first-order chi connectivity index (χ1) is 11.4. The summed E-state index contributed by atoms with van der Waals surface area (Å²) in [6, 6.07) is 11.4. The maximum atomic E-state index is 12.5. The third kappa shape index (κ3) is 3.72. The second-order valence-corrected chi connectivity index (χ2v) is 6.34. The summed E-state index contributed by atoms with van der Waals surface area (Å²) in [4.78, 5) is 23.1. The molecule has 24 heavy (non-hydrogen) atoms. The summed E-state index contributed by atoms with van der Waals surface area (Å²) in [7, 11) is -1.60. The highest BCUT2D eigenvalue weighted by Gasteiger charge is 2.20. The minimum Gasteiger partial charge on any atom is -0.465 e. The number of esters is 2. The molecule has 0 amide bonds. The number of ether oxygens (including phenoxy) is 2. The minimum atomic E-state index is -4.01. The molecule has 0 atom stereocenters. The lowest BCUT2D eigenvalue weighted by molar-refractivity contribution is 0.0592. The van der Waals surface area contributed by atoms with Crippen molar-refractivity contribution in [2.24, 2.45) is 0 Å². The monoisotopic (exact) mass is 349 g/mol. The highest BCUT2D eigenvalue weighted by molar-refractivity contribution is 7.92. The van der Waals surface area contributed by atoms with Crippen LogP contribution in [0.3, 0.4) is 0 Å². The van der Waals surface area contributed by atoms with E-state index >= 15 is 0 Å². The molecule has 0 aliphatic heterocycles. The zero-order chi connectivity index (χ0) is 17.7. The Balaban J connectivity index is 2.40. The van der Waals surface area contributed by atoms with Crippen LogP contribution in [0.1, 0.15) is 20.7 Å². The number of carbonyl (C=O) groups excluding carboxylic acids is 2. The van der Waals surface area contributed by atoms with Gasteiger partial charge >= 0.3 is 11.9 Å². The summed E-state index contributed by atoms with van der Waals surface area (Å²) in [6.45, 7) is 0. The van der Waals surface area contributed by atoms with Crippen LogP contribution in [-0.2, 0) is 19.5 Å². The average molecular weight is 349 g/mol. The van der Waals surface area contributed by atoms with Gasteiger partial charge in [-0.2, -0.15) is 0 Å². The van der Waals surface area contributed by atoms with Crippen LogP contribution in [0.4, 0.5) is 5.69 Å². The van der Waals surface area contributed by atoms with E-state index in [-0.39, 0.29) is 21.7 Å². The summed E-state index contributed by atoms with van der Waals surface area (Å²) in [5.74, 6) is -1.32. The molecule has 0 fully saturated rings. The summed E-state index contributed by atoms with van der Waals surface area (Å²) >= 11 is 0. The van der Waals surface area contributed by atoms with Gasteiger partial charge in [-0.1, -0.05) is 18.2 Å². The summed E-state index contributed by atoms with van der Waals surface area (Å²) in [5, 5.41) is 0. The third-order valence-electron chi connectivity index (χ3n) is 3.14. The third-order valence-corrected chi connectivity index (χ3v) is 4.51. The fourth-order valence-corrected chi connectivity index (χ4v) is 3.10. The van der Waals surface area contributed by atoms with Gasteiger partial charge in [-0.05, 0) is 30.3 Å². The van der Waals surface area contributed by atoms with Gasteiger partial charge in [-0.15, -0.1) is 0 Å². The van der Waals surface area contributed by atoms with Crippen LogP contribution in [-0.4, -0.2) is 34.6 Å². The zero-order valence-electron chi connectivity index (χ0n) is 13.0. The van der Waals surface area contributed by atoms with E-state index in [0.717, 1.165) is 0 Å². The van der Waals surface area contributed by atoms with Crippen LogP contribution in [0.2, 0.25) is 0 Å². The van der Waals surface area contributed by atoms with Crippen molar-refractivity contribution in [3.05, 3.63) is 59.7 Å². The average Bonchev–Trinajstić information content (AvgIpc) is 2.60. The summed E-state index contributed by atoms with van der Waals surface area (Å²) in [5.41, 5.74) is 0.252. The van der Waals surface area contributed by atoms with Crippen LogP contribution in [0.25, 0.3) is 0 Å². The molecule has 0 saturated heterocycles. The lowest BCUT2D eigenvalue weighted by atomic mass is 10.2. The van der Waals surface area contributed by atoms with E-state index in [4.69, 9.17) is 0 Å². The Hall–Kier alpha value is -2.87. The van der Waals surface area contributed by atoms with Crippen molar-refractivity contribution < 1.29 is 27.5 Å². The van der Waals surface area contributed by atoms with Crippen molar-refractivity contribution in [1.82, 2.24) is 0 Å². The molecule has 0 radical (unpaired) electrons. The van der Waals surface area contributed by atoms with Gasteiger partial charge in [0.15, 0.2) is 0 Å². The number of anilines is 1. The standard InChI is InChI=1S/C16H15NO6S/c1-22-15(18)11-6-5-7-12(10-11)24(20,21)17-14-9-4-3-8-13(14)16(19)23-2/h3-10,17H,1-2H3. The Labute approximate surface area is 139 Å². The van der Waals surface area contributed by atoms with Crippen LogP contribution in [0.15, 0.2) is 53.4 Å². The number of benzene rings is 2. The van der Waals surface area contributed by atoms with Crippen LogP contribution < -0.4 is 4.72 Å². The Morgan fingerprint density at radius 1 is 0.917 bits per heavy atom. The molecule has 0 aromatic heterocycles. The summed E-state index contributed by atoms with van der Waals surface area (Å²) < 4.78 is 36.5. The van der Waals surface area contributed by atoms with E-state index in [9.17, 15) is 18.0 Å². The molecule has 0 saturated carbocycles. The number of hydrogen-bond acceptors (Lipinski definition) is 6. The van der Waals surface area contributed by atoms with Gasteiger partial charge in [0.05, 0.1) is 35.9 Å². The quantitative estimate of drug-likeness (QED) is 0.830. The van der Waals surface area contributed by atoms with Crippen LogP contribution in [0, 0.1) is 0 Å². The first-order valence-electron chi connectivity index (χ1n) is 6.77. The Kier molecular flexibility index (Phi) is 5.20. The lowest BCUT2D eigenvalue weighted by Crippen LogP contribution is -2.16. The van der Waals surface area contributed by atoms with Crippen molar-refractivity contribution in [2.45, 2.75) is 4.90 Å². The van der Waals surface area contributed by atoms with Gasteiger partial charge in [-0.25, -0.2) is 18.0 Å². The summed E-state index contributed by atoms with van der Waals surface area (Å²) in [6.07, 6.45) is 0. The van der Waals surface area contributed by atoms with E-state index in [1.165, 1.54) is 50.6 Å². The van der Waals surface area contributed by atoms with Crippen molar-refractivity contribution in [2.75, 3.05) is 18.9 Å². The lowest BCUT2D eigenvalue weighted by Gasteiger charge is -2.12. The van der Waals surface area contributed by atoms with Crippen molar-refractivity contribution in [1.29, 1.82) is 0 Å². The highest BCUT2D eigenvalue weighted by atomic mass is 32.2. The molecule has 0 unspecified atom stereocenters. The van der Waals surface area contributed by atoms with Gasteiger partial charge in [0.2, 0.25) is 0 Å². The van der Waals surface area contributed by atoms with E-state index in [1.54, 1.807) is 12.1 Å². The van der Waals surface area contributed by atoms with Crippen LogP contribution in [0.5, 0.6) is 0 Å². The van der Waals surface area contributed by atoms with E-state index in [1.807, 2.05) is 0 Å². The first kappa shape index (κ1) is 17.5. The van der Waals surface area contributed by atoms with Gasteiger partial charge < -0.3 is 9.47 Å². The molecule has 7 nitrogen and oxygen atoms in total. The molecule has 126 valence electrons. The first-order valence-corrected chi connectivity index (χ1v) is 8.26. The SMILES string of the molecule is COC(=O)c1cccc(S(=O)(=O)Nc2ccccc2C(=O)OC)c1. The van der Waals surface area contributed by atoms with E-state index in [0.29, 0.717) is 0 Å². The maximum Gasteiger partial charge on any atom is 0.339 e. The number of hydrogen-bond donors (Lipinski definition) is 1.